The van der Waals surface area contributed by atoms with Crippen LogP contribution >= 0.6 is 23.4 Å². The number of amides is 3. The molecule has 3 aliphatic rings. The second kappa shape index (κ2) is 6.86. The van der Waals surface area contributed by atoms with Gasteiger partial charge in [0, 0.05) is 17.7 Å². The van der Waals surface area contributed by atoms with E-state index in [9.17, 15) is 14.4 Å². The molecule has 1 aromatic carbocycles. The number of allylic oxidation sites excluding steroid dienone is 1. The summed E-state index contributed by atoms with van der Waals surface area (Å²) in [6.07, 6.45) is 3.81. The van der Waals surface area contributed by atoms with Crippen LogP contribution in [0, 0.1) is 0 Å². The van der Waals surface area contributed by atoms with E-state index in [-0.39, 0.29) is 22.9 Å². The molecule has 7 nitrogen and oxygen atoms in total. The van der Waals surface area contributed by atoms with Crippen molar-refractivity contribution in [3.63, 3.8) is 0 Å². The van der Waals surface area contributed by atoms with E-state index in [0.717, 1.165) is 11.1 Å². The van der Waals surface area contributed by atoms with E-state index < -0.39 is 17.9 Å². The summed E-state index contributed by atoms with van der Waals surface area (Å²) in [4.78, 5) is 42.4. The Kier molecular flexibility index (Phi) is 4.53. The molecule has 0 aliphatic carbocycles. The van der Waals surface area contributed by atoms with Crippen LogP contribution in [-0.2, 0) is 20.8 Å². The number of carbonyl (C=O) groups excluding carboxylic acids is 3. The highest BCUT2D eigenvalue weighted by atomic mass is 35.5. The zero-order valence-corrected chi connectivity index (χ0v) is 15.6. The molecule has 3 amide bonds. The number of alkyl halides is 1. The van der Waals surface area contributed by atoms with Crippen molar-refractivity contribution in [3.8, 4) is 0 Å². The first kappa shape index (κ1) is 17.8. The maximum atomic E-state index is 12.8. The molecule has 1 aromatic rings. The highest BCUT2D eigenvalue weighted by Crippen LogP contribution is 2.36. The van der Waals surface area contributed by atoms with E-state index in [2.05, 4.69) is 10.3 Å². The molecule has 0 saturated heterocycles. The first-order valence-corrected chi connectivity index (χ1v) is 9.56. The van der Waals surface area contributed by atoms with Crippen LogP contribution in [0.4, 0.5) is 5.69 Å². The second-order valence-electron chi connectivity index (χ2n) is 6.29. The van der Waals surface area contributed by atoms with E-state index in [4.69, 9.17) is 17.3 Å². The van der Waals surface area contributed by atoms with Gasteiger partial charge in [0.1, 0.15) is 28.0 Å². The number of nitrogens with two attached hydrogens (primary N) is 1. The lowest BCUT2D eigenvalue weighted by Gasteiger charge is -2.33. The maximum Gasteiger partial charge on any atom is 0.270 e. The number of rotatable bonds is 4. The number of halogens is 1. The van der Waals surface area contributed by atoms with E-state index >= 15 is 0 Å². The lowest BCUT2D eigenvalue weighted by molar-refractivity contribution is -0.127. The molecular weight excluding hydrogens is 388 g/mol. The van der Waals surface area contributed by atoms with Crippen molar-refractivity contribution in [1.82, 2.24) is 5.32 Å². The fraction of sp³-hybridized carbons (Fsp3) is 0.222. The van der Waals surface area contributed by atoms with Crippen molar-refractivity contribution in [1.29, 1.82) is 0 Å². The van der Waals surface area contributed by atoms with Crippen LogP contribution in [0.3, 0.4) is 0 Å². The Morgan fingerprint density at radius 3 is 2.89 bits per heavy atom. The Labute approximate surface area is 164 Å². The molecule has 0 spiro atoms. The first-order valence-electron chi connectivity index (χ1n) is 8.24. The second-order valence-corrected chi connectivity index (χ2v) is 8.15. The number of aliphatic imine (C=N–C) groups is 1. The number of carbonyl (C=O) groups is 3. The van der Waals surface area contributed by atoms with Gasteiger partial charge in [-0.25, -0.2) is 4.99 Å². The summed E-state index contributed by atoms with van der Waals surface area (Å²) in [6, 6.07) is 6.45. The van der Waals surface area contributed by atoms with Crippen LogP contribution in [0.15, 0.2) is 52.7 Å². The minimum atomic E-state index is -0.796. The summed E-state index contributed by atoms with van der Waals surface area (Å²) in [6.45, 7) is -0.242. The standard InChI is InChI=1S/C18H15ClN4O3S/c19-14-7-10-6-11(22-17(10)27-14)16(25)21-12-5-9-3-1-2-4-13(9)23(18(12)26)8-15(20)24/h1-4,6-7,12,14H,5,8H2,(H2,20,24)(H,21,25). The molecule has 3 N–H and O–H groups in total. The van der Waals surface area contributed by atoms with Gasteiger partial charge in [-0.2, -0.15) is 0 Å². The zero-order valence-electron chi connectivity index (χ0n) is 14.0. The minimum Gasteiger partial charge on any atom is -0.368 e. The molecule has 0 bridgehead atoms. The number of hydrogen-bond donors (Lipinski definition) is 2. The van der Waals surface area contributed by atoms with Gasteiger partial charge in [-0.3, -0.25) is 14.4 Å². The monoisotopic (exact) mass is 402 g/mol. The van der Waals surface area contributed by atoms with Gasteiger partial charge >= 0.3 is 0 Å². The van der Waals surface area contributed by atoms with Crippen molar-refractivity contribution in [3.05, 3.63) is 53.3 Å². The Morgan fingerprint density at radius 1 is 1.37 bits per heavy atom. The van der Waals surface area contributed by atoms with Crippen LogP contribution < -0.4 is 16.0 Å². The van der Waals surface area contributed by atoms with E-state index in [0.29, 0.717) is 17.2 Å². The van der Waals surface area contributed by atoms with Crippen LogP contribution in [0.25, 0.3) is 0 Å². The third-order valence-corrected chi connectivity index (χ3v) is 5.72. The van der Waals surface area contributed by atoms with Gasteiger partial charge in [-0.1, -0.05) is 30.0 Å². The lowest BCUT2D eigenvalue weighted by atomic mass is 9.97. The van der Waals surface area contributed by atoms with Crippen LogP contribution in [0.2, 0.25) is 0 Å². The van der Waals surface area contributed by atoms with Gasteiger partial charge < -0.3 is 16.0 Å². The predicted molar refractivity (Wildman–Crippen MR) is 104 cm³/mol. The van der Waals surface area contributed by atoms with Gasteiger partial charge in [0.2, 0.25) is 11.8 Å². The van der Waals surface area contributed by atoms with E-state index in [1.54, 1.807) is 18.2 Å². The Balaban J connectivity index is 1.55. The van der Waals surface area contributed by atoms with Crippen molar-refractivity contribution < 1.29 is 14.4 Å². The molecule has 2 atom stereocenters. The Morgan fingerprint density at radius 2 is 2.15 bits per heavy atom. The maximum absolute atomic E-state index is 12.8. The minimum absolute atomic E-state index is 0.182. The highest BCUT2D eigenvalue weighted by molar-refractivity contribution is 8.16. The van der Waals surface area contributed by atoms with Gasteiger partial charge in [0.25, 0.3) is 5.91 Å². The third-order valence-electron chi connectivity index (χ3n) is 4.42. The van der Waals surface area contributed by atoms with Gasteiger partial charge in [0.05, 0.1) is 0 Å². The van der Waals surface area contributed by atoms with Crippen molar-refractivity contribution in [2.45, 2.75) is 17.2 Å². The third kappa shape index (κ3) is 3.38. The summed E-state index contributed by atoms with van der Waals surface area (Å²) in [5.41, 5.74) is 7.84. The Bertz CT molecular complexity index is 956. The fourth-order valence-electron chi connectivity index (χ4n) is 3.25. The number of hydrogen-bond acceptors (Lipinski definition) is 5. The molecule has 0 radical (unpaired) electrons. The number of nitrogens with zero attached hydrogens (tertiary/aromatic N) is 2. The highest BCUT2D eigenvalue weighted by Gasteiger charge is 2.35. The van der Waals surface area contributed by atoms with Crippen LogP contribution in [-0.4, -0.2) is 40.1 Å². The Hall–Kier alpha value is -2.58. The summed E-state index contributed by atoms with van der Waals surface area (Å²) in [5.74, 6) is -1.44. The van der Waals surface area contributed by atoms with Gasteiger partial charge in [0.15, 0.2) is 0 Å². The summed E-state index contributed by atoms with van der Waals surface area (Å²) in [7, 11) is 0. The number of benzene rings is 1. The molecule has 3 heterocycles. The molecule has 3 aliphatic heterocycles. The molecule has 9 heteroatoms. The topological polar surface area (TPSA) is 105 Å². The summed E-state index contributed by atoms with van der Waals surface area (Å²) < 4.78 is -0.182. The molecular formula is C18H15ClN4O3S. The molecule has 2 unspecified atom stereocenters. The predicted octanol–water partition coefficient (Wildman–Crippen LogP) is 1.08. The molecule has 0 saturated carbocycles. The zero-order chi connectivity index (χ0) is 19.1. The molecule has 0 aromatic heterocycles. The normalized spacial score (nSPS) is 23.2. The fourth-order valence-corrected chi connectivity index (χ4v) is 4.48. The smallest absolute Gasteiger partial charge is 0.270 e. The number of thioether (sulfide) groups is 1. The lowest BCUT2D eigenvalue weighted by Crippen LogP contribution is -2.54. The molecule has 138 valence electrons. The van der Waals surface area contributed by atoms with E-state index in [1.165, 1.54) is 16.7 Å². The average Bonchev–Trinajstić information content (AvgIpc) is 3.15. The van der Waals surface area contributed by atoms with Gasteiger partial charge in [-0.15, -0.1) is 11.6 Å². The average molecular weight is 403 g/mol. The largest absolute Gasteiger partial charge is 0.368 e. The van der Waals surface area contributed by atoms with Crippen molar-refractivity contribution >= 4 is 51.8 Å². The molecule has 4 rings (SSSR count). The van der Waals surface area contributed by atoms with Gasteiger partial charge in [-0.05, 0) is 23.8 Å². The number of fused-ring (bicyclic) bond motifs is 2. The van der Waals surface area contributed by atoms with Crippen molar-refractivity contribution in [2.75, 3.05) is 11.4 Å². The molecule has 0 fully saturated rings. The number of anilines is 1. The van der Waals surface area contributed by atoms with E-state index in [1.807, 2.05) is 18.2 Å². The SMILES string of the molecule is NC(=O)CN1C(=O)C(NC(=O)C2=CC3=CC(Cl)SC3=N2)Cc2ccccc21. The quantitative estimate of drug-likeness (QED) is 0.735. The van der Waals surface area contributed by atoms with Crippen LogP contribution in [0.1, 0.15) is 5.56 Å². The number of para-hydroxylation sites is 1. The summed E-state index contributed by atoms with van der Waals surface area (Å²) >= 11 is 7.38. The number of nitrogens with one attached hydrogen (secondary N) is 1. The first-order chi connectivity index (χ1) is 12.9. The van der Waals surface area contributed by atoms with Crippen LogP contribution in [0.5, 0.6) is 0 Å². The number of primary amides is 1. The molecule has 27 heavy (non-hydrogen) atoms. The van der Waals surface area contributed by atoms with Crippen molar-refractivity contribution in [2.24, 2.45) is 10.7 Å². The summed E-state index contributed by atoms with van der Waals surface area (Å²) in [5, 5.41) is 3.43.